The summed E-state index contributed by atoms with van der Waals surface area (Å²) in [5.74, 6) is 0.472. The average molecular weight is 517 g/mol. The van der Waals surface area contributed by atoms with Gasteiger partial charge in [-0.2, -0.15) is 0 Å². The smallest absolute Gasteiger partial charge is 0.343 e. The van der Waals surface area contributed by atoms with Crippen molar-refractivity contribution >= 4 is 34.5 Å². The predicted molar refractivity (Wildman–Crippen MR) is 142 cm³/mol. The molecule has 0 spiro atoms. The lowest BCUT2D eigenvalue weighted by Gasteiger charge is -2.37. The van der Waals surface area contributed by atoms with E-state index in [0.29, 0.717) is 34.5 Å². The fourth-order valence-corrected chi connectivity index (χ4v) is 6.95. The number of hydrogen-bond acceptors (Lipinski definition) is 6. The highest BCUT2D eigenvalue weighted by Crippen LogP contribution is 2.65. The van der Waals surface area contributed by atoms with E-state index in [0.717, 1.165) is 23.0 Å². The van der Waals surface area contributed by atoms with Gasteiger partial charge in [-0.05, 0) is 91.1 Å². The first-order valence-electron chi connectivity index (χ1n) is 13.3. The third-order valence-corrected chi connectivity index (χ3v) is 8.84. The predicted octanol–water partition coefficient (Wildman–Crippen LogP) is 4.51. The lowest BCUT2D eigenvalue weighted by molar-refractivity contribution is -0.124. The molecule has 6 unspecified atom stereocenters. The zero-order valence-corrected chi connectivity index (χ0v) is 21.1. The van der Waals surface area contributed by atoms with E-state index in [2.05, 4.69) is 22.3 Å². The van der Waals surface area contributed by atoms with Gasteiger partial charge in [0.1, 0.15) is 16.7 Å². The van der Waals surface area contributed by atoms with Crippen LogP contribution in [0.25, 0.3) is 16.7 Å². The van der Waals surface area contributed by atoms with Gasteiger partial charge in [-0.25, -0.2) is 4.79 Å². The van der Waals surface area contributed by atoms with E-state index < -0.39 is 5.97 Å². The Morgan fingerprint density at radius 1 is 0.846 bits per heavy atom. The summed E-state index contributed by atoms with van der Waals surface area (Å²) >= 11 is 0. The molecule has 3 fully saturated rings. The molecular weight excluding hydrogens is 492 g/mol. The molecule has 4 aromatic rings. The number of hydrogen-bond donors (Lipinski definition) is 0. The van der Waals surface area contributed by atoms with E-state index in [1.165, 1.54) is 9.70 Å². The minimum absolute atomic E-state index is 0.117. The molecule has 8 nitrogen and oxygen atoms in total. The number of carbonyl (C=O) groups excluding carboxylic acids is 3. The molecule has 39 heavy (non-hydrogen) atoms. The standard InChI is InChI=1S/C31H24N4O4/c1-16-6-13-26(25(14-16)35-32-23-4-2-3-5-24(23)33-35)39-31(38)17-7-9-18(10-8-17)34-29(36)27-19-11-12-20(22-15-21(19)22)28(27)30(34)37/h2-14,19-22,27-28H,15H2,1H3. The molecule has 2 bridgehead atoms. The largest absolute Gasteiger partial charge is 0.421 e. The van der Waals surface area contributed by atoms with Crippen LogP contribution in [-0.2, 0) is 9.59 Å². The van der Waals surface area contributed by atoms with Gasteiger partial charge in [0.25, 0.3) is 0 Å². The maximum absolute atomic E-state index is 13.4. The van der Waals surface area contributed by atoms with Crippen molar-refractivity contribution < 1.29 is 19.1 Å². The summed E-state index contributed by atoms with van der Waals surface area (Å²) < 4.78 is 5.78. The number of amides is 2. The molecule has 1 aliphatic heterocycles. The minimum atomic E-state index is -0.557. The summed E-state index contributed by atoms with van der Waals surface area (Å²) in [5.41, 5.74) is 3.79. The number of carbonyl (C=O) groups is 3. The first-order valence-corrected chi connectivity index (χ1v) is 13.3. The maximum atomic E-state index is 13.4. The van der Waals surface area contributed by atoms with Crippen molar-refractivity contribution in [2.45, 2.75) is 13.3 Å². The first kappa shape index (κ1) is 22.4. The lowest BCUT2D eigenvalue weighted by atomic mass is 9.63. The first-order chi connectivity index (χ1) is 19.0. The topological polar surface area (TPSA) is 94.4 Å². The van der Waals surface area contributed by atoms with E-state index in [1.807, 2.05) is 43.3 Å². The van der Waals surface area contributed by atoms with E-state index in [4.69, 9.17) is 4.74 Å². The molecule has 8 heteroatoms. The van der Waals surface area contributed by atoms with Crippen molar-refractivity contribution in [2.75, 3.05) is 4.90 Å². The number of ether oxygens (including phenoxy) is 1. The molecule has 2 amide bonds. The van der Waals surface area contributed by atoms with Crippen LogP contribution in [0.1, 0.15) is 22.3 Å². The van der Waals surface area contributed by atoms with Crippen LogP contribution in [0.5, 0.6) is 5.75 Å². The fraction of sp³-hybridized carbons (Fsp3) is 0.258. The molecule has 1 saturated heterocycles. The van der Waals surface area contributed by atoms with Gasteiger partial charge < -0.3 is 4.74 Å². The summed E-state index contributed by atoms with van der Waals surface area (Å²) in [7, 11) is 0. The highest BCUT2D eigenvalue weighted by Gasteiger charge is 2.67. The van der Waals surface area contributed by atoms with Crippen LogP contribution in [0.3, 0.4) is 0 Å². The van der Waals surface area contributed by atoms with E-state index >= 15 is 0 Å². The Labute approximate surface area is 223 Å². The molecule has 3 aromatic carbocycles. The van der Waals surface area contributed by atoms with Crippen LogP contribution >= 0.6 is 0 Å². The van der Waals surface area contributed by atoms with Gasteiger partial charge in [-0.3, -0.25) is 14.5 Å². The quantitative estimate of drug-likeness (QED) is 0.172. The van der Waals surface area contributed by atoms with E-state index in [9.17, 15) is 14.4 Å². The highest BCUT2D eigenvalue weighted by atomic mass is 16.5. The van der Waals surface area contributed by atoms with Crippen LogP contribution < -0.4 is 9.64 Å². The van der Waals surface area contributed by atoms with Crippen LogP contribution in [0.4, 0.5) is 5.69 Å². The number of aromatic nitrogens is 3. The second-order valence-corrected chi connectivity index (χ2v) is 11.1. The van der Waals surface area contributed by atoms with Gasteiger partial charge >= 0.3 is 5.97 Å². The molecule has 0 N–H and O–H groups in total. The number of benzene rings is 3. The van der Waals surface area contributed by atoms with Crippen LogP contribution in [0.2, 0.25) is 0 Å². The third-order valence-electron chi connectivity index (χ3n) is 8.84. The molecule has 0 radical (unpaired) electrons. The van der Waals surface area contributed by atoms with Gasteiger partial charge in [0.05, 0.1) is 23.1 Å². The molecule has 192 valence electrons. The molecule has 2 heterocycles. The van der Waals surface area contributed by atoms with E-state index in [-0.39, 0.29) is 35.5 Å². The number of nitrogens with zero attached hydrogens (tertiary/aromatic N) is 4. The molecule has 9 rings (SSSR count). The third kappa shape index (κ3) is 3.27. The van der Waals surface area contributed by atoms with Crippen molar-refractivity contribution in [1.82, 2.24) is 15.0 Å². The number of aryl methyl sites for hydroxylation is 1. The molecule has 2 saturated carbocycles. The second-order valence-electron chi connectivity index (χ2n) is 11.1. The van der Waals surface area contributed by atoms with Crippen molar-refractivity contribution in [3.63, 3.8) is 0 Å². The normalized spacial score (nSPS) is 28.1. The Morgan fingerprint density at radius 3 is 2.08 bits per heavy atom. The number of fused-ring (bicyclic) bond motifs is 1. The van der Waals surface area contributed by atoms with Crippen molar-refractivity contribution in [1.29, 1.82) is 0 Å². The second kappa shape index (κ2) is 7.96. The molecule has 5 aliphatic rings. The molecule has 1 aromatic heterocycles. The highest BCUT2D eigenvalue weighted by molar-refractivity contribution is 6.22. The zero-order valence-electron chi connectivity index (χ0n) is 21.1. The number of imide groups is 1. The SMILES string of the molecule is Cc1ccc(OC(=O)c2ccc(N3C(=O)C4C5C=CC(C6CC56)C4C3=O)cc2)c(-n2nc3ccccc3n2)c1. The molecule has 6 atom stereocenters. The van der Waals surface area contributed by atoms with Crippen molar-refractivity contribution in [3.8, 4) is 11.4 Å². The average Bonchev–Trinajstić information content (AvgIpc) is 3.60. The number of allylic oxidation sites excluding steroid dienone is 2. The number of rotatable bonds is 4. The van der Waals surface area contributed by atoms with Gasteiger partial charge in [0.15, 0.2) is 5.75 Å². The summed E-state index contributed by atoms with van der Waals surface area (Å²) in [5, 5.41) is 9.06. The van der Waals surface area contributed by atoms with E-state index in [1.54, 1.807) is 30.3 Å². The summed E-state index contributed by atoms with van der Waals surface area (Å²) in [4.78, 5) is 42.7. The summed E-state index contributed by atoms with van der Waals surface area (Å²) in [6, 6.07) is 19.5. The van der Waals surface area contributed by atoms with Crippen molar-refractivity contribution in [3.05, 3.63) is 90.0 Å². The molecule has 4 aliphatic carbocycles. The number of esters is 1. The van der Waals surface area contributed by atoms with Crippen LogP contribution in [-0.4, -0.2) is 32.8 Å². The lowest BCUT2D eigenvalue weighted by Crippen LogP contribution is -2.40. The Morgan fingerprint density at radius 2 is 1.46 bits per heavy atom. The van der Waals surface area contributed by atoms with Gasteiger partial charge in [-0.15, -0.1) is 15.0 Å². The summed E-state index contributed by atoms with van der Waals surface area (Å²) in [6.07, 6.45) is 5.45. The number of anilines is 1. The van der Waals surface area contributed by atoms with Crippen LogP contribution in [0.15, 0.2) is 78.9 Å². The Hall–Kier alpha value is -4.59. The monoisotopic (exact) mass is 516 g/mol. The maximum Gasteiger partial charge on any atom is 0.343 e. The van der Waals surface area contributed by atoms with Gasteiger partial charge in [0, 0.05) is 0 Å². The molecular formula is C31H24N4O4. The zero-order chi connectivity index (χ0) is 26.4. The van der Waals surface area contributed by atoms with Gasteiger partial charge in [0.2, 0.25) is 11.8 Å². The van der Waals surface area contributed by atoms with Gasteiger partial charge in [-0.1, -0.05) is 30.4 Å². The van der Waals surface area contributed by atoms with Crippen LogP contribution in [0, 0.1) is 42.4 Å². The Bertz CT molecular complexity index is 1670. The summed E-state index contributed by atoms with van der Waals surface area (Å²) in [6.45, 7) is 1.94. The van der Waals surface area contributed by atoms with Crippen molar-refractivity contribution in [2.24, 2.45) is 35.5 Å². The Balaban J connectivity index is 1.05. The minimum Gasteiger partial charge on any atom is -0.421 e. The Kier molecular flexibility index (Phi) is 4.57. The fourth-order valence-electron chi connectivity index (χ4n) is 6.95.